The number of amides is 1. The van der Waals surface area contributed by atoms with E-state index in [-0.39, 0.29) is 16.8 Å². The quantitative estimate of drug-likeness (QED) is 0.898. The Labute approximate surface area is 132 Å². The molecule has 7 heteroatoms. The molecule has 1 aromatic carbocycles. The second kappa shape index (κ2) is 6.66. The minimum absolute atomic E-state index is 0.155. The van der Waals surface area contributed by atoms with Crippen LogP contribution in [-0.4, -0.2) is 51.9 Å². The highest BCUT2D eigenvalue weighted by molar-refractivity contribution is 7.89. The lowest BCUT2D eigenvalue weighted by Gasteiger charge is -2.41. The highest BCUT2D eigenvalue weighted by Gasteiger charge is 2.26. The van der Waals surface area contributed by atoms with Gasteiger partial charge in [-0.15, -0.1) is 0 Å². The van der Waals surface area contributed by atoms with E-state index in [1.165, 1.54) is 7.05 Å². The van der Waals surface area contributed by atoms with E-state index in [1.54, 1.807) is 12.1 Å². The van der Waals surface area contributed by atoms with Crippen LogP contribution >= 0.6 is 0 Å². The largest absolute Gasteiger partial charge is 0.368 e. The molecule has 0 aromatic heterocycles. The van der Waals surface area contributed by atoms with Gasteiger partial charge in [0.2, 0.25) is 15.9 Å². The summed E-state index contributed by atoms with van der Waals surface area (Å²) < 4.78 is 25.7. The molecule has 1 saturated heterocycles. The standard InChI is InChI=1S/C15H23N3O3S/c1-4-15(19)18-10-9-17(11-12(18)2)13-5-7-14(8-6-13)22(20,21)16-3/h5-8,12,16H,4,9-11H2,1-3H3/t12-/m1/s1. The second-order valence-corrected chi connectivity index (χ2v) is 7.32. The van der Waals surface area contributed by atoms with Gasteiger partial charge in [0.05, 0.1) is 4.90 Å². The number of anilines is 1. The lowest BCUT2D eigenvalue weighted by atomic mass is 10.1. The molecular weight excluding hydrogens is 302 g/mol. The molecule has 0 spiro atoms. The third-order valence-electron chi connectivity index (χ3n) is 4.03. The third-order valence-corrected chi connectivity index (χ3v) is 5.46. The van der Waals surface area contributed by atoms with E-state index in [1.807, 2.05) is 30.9 Å². The van der Waals surface area contributed by atoms with E-state index in [0.717, 1.165) is 18.8 Å². The van der Waals surface area contributed by atoms with Crippen LogP contribution in [0.25, 0.3) is 0 Å². The molecule has 1 aliphatic rings. The molecule has 0 unspecified atom stereocenters. The van der Waals surface area contributed by atoms with Gasteiger partial charge >= 0.3 is 0 Å². The molecule has 1 heterocycles. The van der Waals surface area contributed by atoms with Crippen LogP contribution in [0.5, 0.6) is 0 Å². The molecule has 1 aromatic rings. The molecule has 22 heavy (non-hydrogen) atoms. The lowest BCUT2D eigenvalue weighted by Crippen LogP contribution is -2.54. The highest BCUT2D eigenvalue weighted by atomic mass is 32.2. The van der Waals surface area contributed by atoms with Crippen molar-refractivity contribution >= 4 is 21.6 Å². The maximum absolute atomic E-state index is 11.8. The maximum atomic E-state index is 11.8. The van der Waals surface area contributed by atoms with Gasteiger partial charge in [0.25, 0.3) is 0 Å². The number of benzene rings is 1. The van der Waals surface area contributed by atoms with E-state index >= 15 is 0 Å². The average molecular weight is 325 g/mol. The van der Waals surface area contributed by atoms with Crippen LogP contribution in [0.15, 0.2) is 29.2 Å². The van der Waals surface area contributed by atoms with E-state index in [0.29, 0.717) is 13.0 Å². The van der Waals surface area contributed by atoms with Gasteiger partial charge in [-0.25, -0.2) is 13.1 Å². The van der Waals surface area contributed by atoms with Crippen molar-refractivity contribution in [3.05, 3.63) is 24.3 Å². The maximum Gasteiger partial charge on any atom is 0.240 e. The van der Waals surface area contributed by atoms with Crippen molar-refractivity contribution in [1.82, 2.24) is 9.62 Å². The Hall–Kier alpha value is -1.60. The molecule has 1 N–H and O–H groups in total. The first-order valence-electron chi connectivity index (χ1n) is 7.47. The number of piperazine rings is 1. The molecule has 2 rings (SSSR count). The van der Waals surface area contributed by atoms with E-state index < -0.39 is 10.0 Å². The number of nitrogens with zero attached hydrogens (tertiary/aromatic N) is 2. The first kappa shape index (κ1) is 16.8. The normalized spacial score (nSPS) is 19.3. The fourth-order valence-corrected chi connectivity index (χ4v) is 3.45. The molecule has 0 bridgehead atoms. The first-order valence-corrected chi connectivity index (χ1v) is 8.95. The van der Waals surface area contributed by atoms with Gasteiger partial charge < -0.3 is 9.80 Å². The van der Waals surface area contributed by atoms with Crippen LogP contribution in [0, 0.1) is 0 Å². The van der Waals surface area contributed by atoms with Crippen LogP contribution in [0.2, 0.25) is 0 Å². The monoisotopic (exact) mass is 325 g/mol. The summed E-state index contributed by atoms with van der Waals surface area (Å²) in [5, 5.41) is 0. The molecule has 1 amide bonds. The molecule has 0 aliphatic carbocycles. The first-order chi connectivity index (χ1) is 10.4. The molecule has 0 radical (unpaired) electrons. The fraction of sp³-hybridized carbons (Fsp3) is 0.533. The minimum Gasteiger partial charge on any atom is -0.368 e. The molecule has 122 valence electrons. The topological polar surface area (TPSA) is 69.7 Å². The second-order valence-electron chi connectivity index (χ2n) is 5.44. The van der Waals surface area contributed by atoms with Crippen LogP contribution in [-0.2, 0) is 14.8 Å². The number of carbonyl (C=O) groups is 1. The molecule has 6 nitrogen and oxygen atoms in total. The SMILES string of the molecule is CCC(=O)N1CCN(c2ccc(S(=O)(=O)NC)cc2)C[C@H]1C. The predicted molar refractivity (Wildman–Crippen MR) is 86.4 cm³/mol. The van der Waals surface area contributed by atoms with Crippen molar-refractivity contribution in [2.24, 2.45) is 0 Å². The Balaban J connectivity index is 2.10. The summed E-state index contributed by atoms with van der Waals surface area (Å²) in [6.45, 7) is 6.13. The molecule has 0 saturated carbocycles. The van der Waals surface area contributed by atoms with Crippen molar-refractivity contribution in [3.63, 3.8) is 0 Å². The average Bonchev–Trinajstić information content (AvgIpc) is 2.54. The summed E-state index contributed by atoms with van der Waals surface area (Å²) in [5.41, 5.74) is 0.977. The smallest absolute Gasteiger partial charge is 0.240 e. The Bertz CT molecular complexity index is 628. The van der Waals surface area contributed by atoms with E-state index in [4.69, 9.17) is 0 Å². The van der Waals surface area contributed by atoms with Crippen LogP contribution < -0.4 is 9.62 Å². The highest BCUT2D eigenvalue weighted by Crippen LogP contribution is 2.21. The zero-order chi connectivity index (χ0) is 16.3. The summed E-state index contributed by atoms with van der Waals surface area (Å²) in [6.07, 6.45) is 0.529. The summed E-state index contributed by atoms with van der Waals surface area (Å²) in [5.74, 6) is 0.183. The van der Waals surface area contributed by atoms with Crippen LogP contribution in [0.4, 0.5) is 5.69 Å². The predicted octanol–water partition coefficient (Wildman–Crippen LogP) is 1.04. The van der Waals surface area contributed by atoms with Gasteiger partial charge in [-0.1, -0.05) is 6.92 Å². The van der Waals surface area contributed by atoms with Gasteiger partial charge in [0, 0.05) is 37.8 Å². The zero-order valence-electron chi connectivity index (χ0n) is 13.2. The molecule has 1 atom stereocenters. The fourth-order valence-electron chi connectivity index (χ4n) is 2.72. The number of hydrogen-bond donors (Lipinski definition) is 1. The Morgan fingerprint density at radius 1 is 1.27 bits per heavy atom. The molecular formula is C15H23N3O3S. The lowest BCUT2D eigenvalue weighted by molar-refractivity contribution is -0.133. The van der Waals surface area contributed by atoms with Crippen molar-refractivity contribution in [1.29, 1.82) is 0 Å². The minimum atomic E-state index is -3.40. The van der Waals surface area contributed by atoms with Gasteiger partial charge in [0.1, 0.15) is 0 Å². The number of nitrogens with one attached hydrogen (secondary N) is 1. The van der Waals surface area contributed by atoms with Crippen LogP contribution in [0.3, 0.4) is 0 Å². The number of hydrogen-bond acceptors (Lipinski definition) is 4. The summed E-state index contributed by atoms with van der Waals surface area (Å²) >= 11 is 0. The van der Waals surface area contributed by atoms with Gasteiger partial charge in [0.15, 0.2) is 0 Å². The summed E-state index contributed by atoms with van der Waals surface area (Å²) in [6, 6.07) is 7.00. The van der Waals surface area contributed by atoms with Crippen molar-refractivity contribution < 1.29 is 13.2 Å². The Kier molecular flexibility index (Phi) is 5.08. The Morgan fingerprint density at radius 3 is 2.41 bits per heavy atom. The van der Waals surface area contributed by atoms with Crippen LogP contribution in [0.1, 0.15) is 20.3 Å². The number of rotatable bonds is 4. The van der Waals surface area contributed by atoms with Crippen molar-refractivity contribution in [2.75, 3.05) is 31.6 Å². The summed E-state index contributed by atoms with van der Waals surface area (Å²) in [7, 11) is -2.00. The third kappa shape index (κ3) is 3.41. The summed E-state index contributed by atoms with van der Waals surface area (Å²) in [4.78, 5) is 16.2. The molecule has 1 fully saturated rings. The van der Waals surface area contributed by atoms with E-state index in [2.05, 4.69) is 9.62 Å². The Morgan fingerprint density at radius 2 is 1.91 bits per heavy atom. The van der Waals surface area contributed by atoms with Crippen molar-refractivity contribution in [2.45, 2.75) is 31.2 Å². The van der Waals surface area contributed by atoms with Gasteiger partial charge in [-0.2, -0.15) is 0 Å². The van der Waals surface area contributed by atoms with E-state index in [9.17, 15) is 13.2 Å². The van der Waals surface area contributed by atoms with Crippen molar-refractivity contribution in [3.8, 4) is 0 Å². The van der Waals surface area contributed by atoms with Gasteiger partial charge in [-0.3, -0.25) is 4.79 Å². The van der Waals surface area contributed by atoms with Gasteiger partial charge in [-0.05, 0) is 38.2 Å². The molecule has 1 aliphatic heterocycles. The zero-order valence-corrected chi connectivity index (χ0v) is 14.1. The number of sulfonamides is 1. The number of carbonyl (C=O) groups excluding carboxylic acids is 1.